The molecule has 0 rings (SSSR count). The third-order valence-electron chi connectivity index (χ3n) is 1.23. The second-order valence-corrected chi connectivity index (χ2v) is 2.61. The fourth-order valence-electron chi connectivity index (χ4n) is 0.660. The molecule has 0 atom stereocenters. The van der Waals surface area contributed by atoms with Crippen molar-refractivity contribution >= 4 is 6.29 Å². The molecule has 0 bridgehead atoms. The Morgan fingerprint density at radius 1 is 1.60 bits per heavy atom. The van der Waals surface area contributed by atoms with Crippen molar-refractivity contribution in [3.05, 3.63) is 12.2 Å². The van der Waals surface area contributed by atoms with Crippen molar-refractivity contribution in [3.8, 4) is 0 Å². The van der Waals surface area contributed by atoms with Gasteiger partial charge in [-0.3, -0.25) is 4.79 Å². The van der Waals surface area contributed by atoms with Crippen molar-refractivity contribution in [2.75, 3.05) is 20.6 Å². The normalized spacial score (nSPS) is 9.90. The van der Waals surface area contributed by atoms with Gasteiger partial charge < -0.3 is 4.90 Å². The molecule has 0 spiro atoms. The van der Waals surface area contributed by atoms with Crippen LogP contribution < -0.4 is 0 Å². The van der Waals surface area contributed by atoms with E-state index in [9.17, 15) is 4.79 Å². The fourth-order valence-corrected chi connectivity index (χ4v) is 0.660. The highest BCUT2D eigenvalue weighted by molar-refractivity contribution is 5.72. The van der Waals surface area contributed by atoms with Gasteiger partial charge in [0.25, 0.3) is 0 Å². The van der Waals surface area contributed by atoms with Crippen molar-refractivity contribution in [3.63, 3.8) is 0 Å². The Kier molecular flexibility index (Phi) is 4.85. The molecule has 0 fully saturated rings. The zero-order valence-corrected chi connectivity index (χ0v) is 6.68. The first-order chi connectivity index (χ1) is 4.66. The fraction of sp³-hybridized carbons (Fsp3) is 0.625. The minimum absolute atomic E-state index is 0.571. The van der Waals surface area contributed by atoms with Crippen molar-refractivity contribution < 1.29 is 4.79 Å². The molecular formula is C8H14NO. The molecule has 0 saturated heterocycles. The van der Waals surface area contributed by atoms with Gasteiger partial charge in [-0.1, -0.05) is 6.58 Å². The lowest BCUT2D eigenvalue weighted by molar-refractivity contribution is 0.400. The molecule has 0 aliphatic carbocycles. The third kappa shape index (κ3) is 5.51. The summed E-state index contributed by atoms with van der Waals surface area (Å²) in [5.41, 5.74) is 0.571. The summed E-state index contributed by atoms with van der Waals surface area (Å²) in [7, 11) is 4.01. The van der Waals surface area contributed by atoms with E-state index in [0.717, 1.165) is 19.4 Å². The van der Waals surface area contributed by atoms with Crippen LogP contribution in [0.2, 0.25) is 0 Å². The summed E-state index contributed by atoms with van der Waals surface area (Å²) in [5, 5.41) is 0. The maximum atomic E-state index is 9.94. The largest absolute Gasteiger partial charge is 0.309 e. The number of allylic oxidation sites excluding steroid dienone is 1. The highest BCUT2D eigenvalue weighted by atomic mass is 16.1. The van der Waals surface area contributed by atoms with Gasteiger partial charge in [0.15, 0.2) is 0 Å². The lowest BCUT2D eigenvalue weighted by Crippen LogP contribution is -2.12. The summed E-state index contributed by atoms with van der Waals surface area (Å²) in [4.78, 5) is 12.0. The Morgan fingerprint density at radius 3 is 2.60 bits per heavy atom. The molecule has 0 aromatic heterocycles. The summed E-state index contributed by atoms with van der Waals surface area (Å²) in [6.07, 6.45) is 3.53. The Labute approximate surface area is 62.5 Å². The summed E-state index contributed by atoms with van der Waals surface area (Å²) >= 11 is 0. The minimum Gasteiger partial charge on any atom is -0.309 e. The van der Waals surface area contributed by atoms with E-state index in [0.29, 0.717) is 5.57 Å². The lowest BCUT2D eigenvalue weighted by atomic mass is 10.2. The minimum atomic E-state index is 0.571. The van der Waals surface area contributed by atoms with E-state index in [1.165, 1.54) is 0 Å². The highest BCUT2D eigenvalue weighted by Crippen LogP contribution is 1.98. The Hall–Kier alpha value is -0.630. The number of hydrogen-bond acceptors (Lipinski definition) is 2. The van der Waals surface area contributed by atoms with E-state index in [4.69, 9.17) is 0 Å². The van der Waals surface area contributed by atoms with Crippen LogP contribution in [0.1, 0.15) is 12.8 Å². The molecule has 0 aliphatic rings. The molecule has 0 aromatic carbocycles. The molecule has 0 aliphatic heterocycles. The first-order valence-corrected chi connectivity index (χ1v) is 3.37. The molecular weight excluding hydrogens is 126 g/mol. The lowest BCUT2D eigenvalue weighted by Gasteiger charge is -2.07. The zero-order valence-electron chi connectivity index (χ0n) is 6.68. The number of rotatable bonds is 5. The van der Waals surface area contributed by atoms with Gasteiger partial charge in [-0.05, 0) is 39.1 Å². The second-order valence-electron chi connectivity index (χ2n) is 2.61. The van der Waals surface area contributed by atoms with Crippen molar-refractivity contribution in [2.45, 2.75) is 12.8 Å². The van der Waals surface area contributed by atoms with Crippen LogP contribution in [0.5, 0.6) is 0 Å². The summed E-state index contributed by atoms with van der Waals surface area (Å²) < 4.78 is 0. The maximum Gasteiger partial charge on any atom is 0.228 e. The molecule has 57 valence electrons. The van der Waals surface area contributed by atoms with E-state index >= 15 is 0 Å². The van der Waals surface area contributed by atoms with Crippen LogP contribution in [0.3, 0.4) is 0 Å². The van der Waals surface area contributed by atoms with Gasteiger partial charge >= 0.3 is 0 Å². The molecule has 0 saturated carbocycles. The van der Waals surface area contributed by atoms with Crippen molar-refractivity contribution in [1.29, 1.82) is 0 Å². The molecule has 0 amide bonds. The summed E-state index contributed by atoms with van der Waals surface area (Å²) in [5.74, 6) is 0. The maximum absolute atomic E-state index is 9.94. The average molecular weight is 140 g/mol. The van der Waals surface area contributed by atoms with Crippen LogP contribution in [0, 0.1) is 0 Å². The van der Waals surface area contributed by atoms with E-state index in [1.54, 1.807) is 6.29 Å². The molecule has 0 unspecified atom stereocenters. The monoisotopic (exact) mass is 140 g/mol. The SMILES string of the molecule is C=C([C]=O)CCCN(C)C. The highest BCUT2D eigenvalue weighted by Gasteiger charge is 1.93. The van der Waals surface area contributed by atoms with Crippen LogP contribution in [-0.4, -0.2) is 31.8 Å². The third-order valence-corrected chi connectivity index (χ3v) is 1.23. The predicted molar refractivity (Wildman–Crippen MR) is 42.6 cm³/mol. The molecule has 0 aromatic rings. The first-order valence-electron chi connectivity index (χ1n) is 3.37. The van der Waals surface area contributed by atoms with Gasteiger partial charge in [0, 0.05) is 0 Å². The topological polar surface area (TPSA) is 20.3 Å². The van der Waals surface area contributed by atoms with Crippen molar-refractivity contribution in [1.82, 2.24) is 4.90 Å². The standard InChI is InChI=1S/C8H14NO/c1-8(7-10)5-4-6-9(2)3/h1,4-6H2,2-3H3. The molecule has 1 radical (unpaired) electrons. The summed E-state index contributed by atoms with van der Waals surface area (Å²) in [6, 6.07) is 0. The molecule has 0 heterocycles. The van der Waals surface area contributed by atoms with Gasteiger partial charge in [-0.25, -0.2) is 0 Å². The second kappa shape index (κ2) is 5.18. The molecule has 2 nitrogen and oxygen atoms in total. The summed E-state index contributed by atoms with van der Waals surface area (Å²) in [6.45, 7) is 4.53. The molecule has 2 heteroatoms. The van der Waals surface area contributed by atoms with E-state index < -0.39 is 0 Å². The van der Waals surface area contributed by atoms with E-state index in [1.807, 2.05) is 14.1 Å². The van der Waals surface area contributed by atoms with Gasteiger partial charge in [0.05, 0.1) is 0 Å². The van der Waals surface area contributed by atoms with E-state index in [-0.39, 0.29) is 0 Å². The van der Waals surface area contributed by atoms with Crippen molar-refractivity contribution in [2.24, 2.45) is 0 Å². The number of hydrogen-bond donors (Lipinski definition) is 0. The predicted octanol–water partition coefficient (Wildman–Crippen LogP) is 0.994. The number of carbonyl (C=O) groups excluding carboxylic acids is 1. The van der Waals surface area contributed by atoms with Gasteiger partial charge in [0.1, 0.15) is 0 Å². The van der Waals surface area contributed by atoms with Crippen LogP contribution in [0.4, 0.5) is 0 Å². The van der Waals surface area contributed by atoms with Crippen LogP contribution >= 0.6 is 0 Å². The Balaban J connectivity index is 3.19. The van der Waals surface area contributed by atoms with E-state index in [2.05, 4.69) is 11.5 Å². The molecule has 0 N–H and O–H groups in total. The van der Waals surface area contributed by atoms with Gasteiger partial charge in [-0.15, -0.1) is 0 Å². The Morgan fingerprint density at radius 2 is 2.20 bits per heavy atom. The smallest absolute Gasteiger partial charge is 0.228 e. The zero-order chi connectivity index (χ0) is 7.98. The van der Waals surface area contributed by atoms with Crippen LogP contribution in [-0.2, 0) is 4.79 Å². The molecule has 10 heavy (non-hydrogen) atoms. The van der Waals surface area contributed by atoms with Gasteiger partial charge in [0.2, 0.25) is 6.29 Å². The van der Waals surface area contributed by atoms with Gasteiger partial charge in [-0.2, -0.15) is 0 Å². The quantitative estimate of drug-likeness (QED) is 0.531. The van der Waals surface area contributed by atoms with Crippen LogP contribution in [0.15, 0.2) is 12.2 Å². The van der Waals surface area contributed by atoms with Crippen LogP contribution in [0.25, 0.3) is 0 Å². The average Bonchev–Trinajstić information content (AvgIpc) is 1.87. The Bertz CT molecular complexity index is 118. The first kappa shape index (κ1) is 9.37. The number of nitrogens with zero attached hydrogens (tertiary/aromatic N) is 1.